The second-order valence-electron chi connectivity index (χ2n) is 4.28. The summed E-state index contributed by atoms with van der Waals surface area (Å²) in [5.41, 5.74) is 0.307. The lowest BCUT2D eigenvalue weighted by Gasteiger charge is -2.12. The number of carbonyl (C=O) groups excluding carboxylic acids is 1. The van der Waals surface area contributed by atoms with Crippen molar-refractivity contribution in [3.8, 4) is 0 Å². The number of carboxylic acids is 1. The molecule has 0 amide bonds. The van der Waals surface area contributed by atoms with Crippen molar-refractivity contribution in [3.63, 3.8) is 0 Å². The van der Waals surface area contributed by atoms with Gasteiger partial charge in [0.1, 0.15) is 0 Å². The molecule has 2 saturated heterocycles. The Kier molecular flexibility index (Phi) is 3.07. The Hall–Kier alpha value is -0.870. The van der Waals surface area contributed by atoms with E-state index >= 15 is 0 Å². The first-order valence-corrected chi connectivity index (χ1v) is 5.28. The van der Waals surface area contributed by atoms with Gasteiger partial charge in [-0.05, 0) is 31.3 Å². The molecule has 0 saturated carbocycles. The Labute approximate surface area is 88.9 Å². The lowest BCUT2D eigenvalue weighted by Crippen LogP contribution is -2.23. The van der Waals surface area contributed by atoms with Crippen LogP contribution in [0.3, 0.4) is 0 Å². The van der Waals surface area contributed by atoms with E-state index in [0.717, 1.165) is 26.1 Å². The fourth-order valence-electron chi connectivity index (χ4n) is 1.74. The van der Waals surface area contributed by atoms with Gasteiger partial charge in [0.2, 0.25) is 0 Å². The number of aliphatic carboxylic acids is 1. The Morgan fingerprint density at radius 1 is 1.40 bits per heavy atom. The summed E-state index contributed by atoms with van der Waals surface area (Å²) in [6, 6.07) is 0. The van der Waals surface area contributed by atoms with Crippen molar-refractivity contribution in [1.29, 1.82) is 0 Å². The van der Waals surface area contributed by atoms with Gasteiger partial charge in [-0.2, -0.15) is 0 Å². The van der Waals surface area contributed by atoms with Crippen LogP contribution in [0.1, 0.15) is 19.8 Å². The van der Waals surface area contributed by atoms with E-state index in [4.69, 9.17) is 9.47 Å². The van der Waals surface area contributed by atoms with Crippen LogP contribution >= 0.6 is 0 Å². The third kappa shape index (κ3) is 3.64. The smallest absolute Gasteiger partial charge is 0.0815 e. The van der Waals surface area contributed by atoms with Crippen LogP contribution in [-0.2, 0) is 14.3 Å². The molecule has 2 aliphatic heterocycles. The summed E-state index contributed by atoms with van der Waals surface area (Å²) in [7, 11) is 0. The third-order valence-corrected chi connectivity index (χ3v) is 2.74. The molecule has 4 nitrogen and oxygen atoms in total. The van der Waals surface area contributed by atoms with Crippen LogP contribution in [-0.4, -0.2) is 31.4 Å². The van der Waals surface area contributed by atoms with Gasteiger partial charge in [0.05, 0.1) is 31.4 Å². The Morgan fingerprint density at radius 2 is 1.87 bits per heavy atom. The number of allylic oxidation sites excluding steroid dienone is 1. The molecular weight excluding hydrogens is 196 g/mol. The number of carbonyl (C=O) groups is 1. The molecule has 0 N–H and O–H groups in total. The van der Waals surface area contributed by atoms with Crippen LogP contribution in [0, 0.1) is 5.92 Å². The van der Waals surface area contributed by atoms with Crippen LogP contribution in [0.5, 0.6) is 0 Å². The van der Waals surface area contributed by atoms with E-state index < -0.39 is 5.97 Å². The summed E-state index contributed by atoms with van der Waals surface area (Å²) in [4.78, 5) is 10.6. The SMILES string of the molecule is C/C(=C\C(CC1CO1)CC1CO1)C(=O)[O-]. The van der Waals surface area contributed by atoms with Gasteiger partial charge >= 0.3 is 0 Å². The van der Waals surface area contributed by atoms with Crippen LogP contribution in [0.2, 0.25) is 0 Å². The Balaban J connectivity index is 1.89. The monoisotopic (exact) mass is 211 g/mol. The number of rotatable bonds is 6. The van der Waals surface area contributed by atoms with Gasteiger partial charge in [0.15, 0.2) is 0 Å². The summed E-state index contributed by atoms with van der Waals surface area (Å²) in [5, 5.41) is 10.6. The zero-order valence-electron chi connectivity index (χ0n) is 8.77. The summed E-state index contributed by atoms with van der Waals surface area (Å²) in [6.45, 7) is 3.18. The molecule has 0 spiro atoms. The number of hydrogen-bond acceptors (Lipinski definition) is 4. The fraction of sp³-hybridized carbons (Fsp3) is 0.727. The molecule has 0 aromatic heterocycles. The van der Waals surface area contributed by atoms with Gasteiger partial charge in [-0.15, -0.1) is 0 Å². The normalized spacial score (nSPS) is 31.1. The first-order valence-electron chi connectivity index (χ1n) is 5.28. The average molecular weight is 211 g/mol. The van der Waals surface area contributed by atoms with Gasteiger partial charge in [0, 0.05) is 0 Å². The van der Waals surface area contributed by atoms with Crippen molar-refractivity contribution in [2.75, 3.05) is 13.2 Å². The van der Waals surface area contributed by atoms with E-state index in [1.807, 2.05) is 0 Å². The van der Waals surface area contributed by atoms with Crippen molar-refractivity contribution < 1.29 is 19.4 Å². The van der Waals surface area contributed by atoms with Crippen molar-refractivity contribution in [1.82, 2.24) is 0 Å². The average Bonchev–Trinajstić information content (AvgIpc) is 2.98. The second-order valence-corrected chi connectivity index (χ2v) is 4.28. The van der Waals surface area contributed by atoms with Crippen molar-refractivity contribution >= 4 is 5.97 Å². The summed E-state index contributed by atoms with van der Waals surface area (Å²) in [5.74, 6) is -0.851. The van der Waals surface area contributed by atoms with Gasteiger partial charge < -0.3 is 19.4 Å². The molecule has 0 radical (unpaired) electrons. The minimum atomic E-state index is -1.09. The van der Waals surface area contributed by atoms with Crippen molar-refractivity contribution in [2.45, 2.75) is 32.0 Å². The standard InChI is InChI=1S/C11H16O4/c1-7(11(12)13)2-8(3-9-5-14-9)4-10-6-15-10/h2,8-10H,3-6H2,1H3,(H,12,13)/p-1/b7-2+. The molecule has 4 heteroatoms. The number of hydrogen-bond donors (Lipinski definition) is 0. The van der Waals surface area contributed by atoms with E-state index in [1.165, 1.54) is 0 Å². The Bertz CT molecular complexity index is 262. The van der Waals surface area contributed by atoms with Crippen LogP contribution < -0.4 is 5.11 Å². The molecule has 2 fully saturated rings. The molecule has 0 bridgehead atoms. The quantitative estimate of drug-likeness (QED) is 0.453. The van der Waals surface area contributed by atoms with Gasteiger partial charge in [0.25, 0.3) is 0 Å². The molecule has 2 heterocycles. The zero-order valence-corrected chi connectivity index (χ0v) is 8.77. The largest absolute Gasteiger partial charge is 0.545 e. The number of epoxide rings is 2. The minimum absolute atomic E-state index is 0.239. The summed E-state index contributed by atoms with van der Waals surface area (Å²) < 4.78 is 10.3. The van der Waals surface area contributed by atoms with E-state index in [9.17, 15) is 9.90 Å². The van der Waals surface area contributed by atoms with Gasteiger partial charge in [-0.25, -0.2) is 0 Å². The number of carboxylic acid groups (broad SMARTS) is 1. The molecule has 2 unspecified atom stereocenters. The van der Waals surface area contributed by atoms with E-state index in [-0.39, 0.29) is 5.92 Å². The van der Waals surface area contributed by atoms with Crippen molar-refractivity contribution in [2.24, 2.45) is 5.92 Å². The predicted molar refractivity (Wildman–Crippen MR) is 51.0 cm³/mol. The summed E-state index contributed by atoms with van der Waals surface area (Å²) >= 11 is 0. The van der Waals surface area contributed by atoms with Gasteiger partial charge in [-0.3, -0.25) is 0 Å². The highest BCUT2D eigenvalue weighted by molar-refractivity contribution is 5.83. The predicted octanol–water partition coefficient (Wildman–Crippen LogP) is -0.123. The highest BCUT2D eigenvalue weighted by Crippen LogP contribution is 2.28. The lowest BCUT2D eigenvalue weighted by molar-refractivity contribution is -0.299. The van der Waals surface area contributed by atoms with Crippen LogP contribution in [0.4, 0.5) is 0 Å². The molecular formula is C11H15O4-. The fourth-order valence-corrected chi connectivity index (χ4v) is 1.74. The first-order chi connectivity index (χ1) is 7.15. The van der Waals surface area contributed by atoms with Crippen LogP contribution in [0.15, 0.2) is 11.6 Å². The first kappa shape index (κ1) is 10.6. The summed E-state index contributed by atoms with van der Waals surface area (Å²) in [6.07, 6.45) is 4.20. The Morgan fingerprint density at radius 3 is 2.20 bits per heavy atom. The van der Waals surface area contributed by atoms with E-state index in [0.29, 0.717) is 17.8 Å². The highest BCUT2D eigenvalue weighted by atomic mass is 16.6. The van der Waals surface area contributed by atoms with Crippen molar-refractivity contribution in [3.05, 3.63) is 11.6 Å². The molecule has 84 valence electrons. The molecule has 0 aliphatic carbocycles. The maximum absolute atomic E-state index is 10.6. The highest BCUT2D eigenvalue weighted by Gasteiger charge is 2.31. The maximum atomic E-state index is 10.6. The topological polar surface area (TPSA) is 65.2 Å². The number of ether oxygens (including phenoxy) is 2. The molecule has 2 atom stereocenters. The molecule has 0 aromatic rings. The van der Waals surface area contributed by atoms with Crippen LogP contribution in [0.25, 0.3) is 0 Å². The second kappa shape index (κ2) is 4.33. The molecule has 2 rings (SSSR count). The van der Waals surface area contributed by atoms with Gasteiger partial charge in [-0.1, -0.05) is 6.08 Å². The van der Waals surface area contributed by atoms with E-state index in [2.05, 4.69) is 0 Å². The third-order valence-electron chi connectivity index (χ3n) is 2.74. The molecule has 15 heavy (non-hydrogen) atoms. The molecule has 0 aromatic carbocycles. The maximum Gasteiger partial charge on any atom is 0.0815 e. The zero-order chi connectivity index (χ0) is 10.8. The van der Waals surface area contributed by atoms with E-state index in [1.54, 1.807) is 13.0 Å². The lowest BCUT2D eigenvalue weighted by atomic mass is 9.95. The minimum Gasteiger partial charge on any atom is -0.545 e. The molecule has 2 aliphatic rings.